The quantitative estimate of drug-likeness (QED) is 0.817. The Morgan fingerprint density at radius 2 is 2.08 bits per heavy atom. The normalized spacial score (nSPS) is 20.7. The Bertz CT molecular complexity index is 768. The number of nitrogens with zero attached hydrogens (tertiary/aromatic N) is 3. The fraction of sp³-hybridized carbons (Fsp3) is 0.389. The first kappa shape index (κ1) is 17.1. The van der Waals surface area contributed by atoms with E-state index in [1.165, 1.54) is 12.1 Å². The molecule has 1 aromatic carbocycles. The van der Waals surface area contributed by atoms with E-state index in [1.807, 2.05) is 10.9 Å². The van der Waals surface area contributed by atoms with Crippen LogP contribution in [-0.4, -0.2) is 28.9 Å². The van der Waals surface area contributed by atoms with Crippen molar-refractivity contribution in [1.82, 2.24) is 9.78 Å². The second kappa shape index (κ2) is 7.46. The number of nitrogens with two attached hydrogens (primary N) is 1. The smallest absolute Gasteiger partial charge is 0.254 e. The van der Waals surface area contributed by atoms with Gasteiger partial charge in [0.15, 0.2) is 5.82 Å². The molecular weight excluding hydrogens is 321 g/mol. The van der Waals surface area contributed by atoms with Crippen LogP contribution in [0.1, 0.15) is 42.1 Å². The molecule has 1 unspecified atom stereocenters. The van der Waals surface area contributed by atoms with Gasteiger partial charge in [-0.1, -0.05) is 12.8 Å². The summed E-state index contributed by atoms with van der Waals surface area (Å²) in [5.74, 6) is -0.197. The Hall–Kier alpha value is -2.70. The first-order valence-electron chi connectivity index (χ1n) is 8.42. The van der Waals surface area contributed by atoms with Crippen LogP contribution in [0.15, 0.2) is 35.5 Å². The SMILES string of the molecule is CN=C[C@H]1CCCCC1n1cc(C(N)=O)c(Nc2ccc(F)cc2)n1. The topological polar surface area (TPSA) is 85.3 Å². The Morgan fingerprint density at radius 3 is 2.76 bits per heavy atom. The second-order valence-corrected chi connectivity index (χ2v) is 6.29. The van der Waals surface area contributed by atoms with E-state index >= 15 is 0 Å². The van der Waals surface area contributed by atoms with Crippen molar-refractivity contribution < 1.29 is 9.18 Å². The first-order chi connectivity index (χ1) is 12.1. The summed E-state index contributed by atoms with van der Waals surface area (Å²) < 4.78 is 14.9. The Labute approximate surface area is 145 Å². The second-order valence-electron chi connectivity index (χ2n) is 6.29. The van der Waals surface area contributed by atoms with Gasteiger partial charge in [-0.3, -0.25) is 9.48 Å². The van der Waals surface area contributed by atoms with E-state index in [0.717, 1.165) is 25.7 Å². The number of carbonyl (C=O) groups excluding carboxylic acids is 1. The molecule has 0 aliphatic heterocycles. The summed E-state index contributed by atoms with van der Waals surface area (Å²) in [4.78, 5) is 16.0. The van der Waals surface area contributed by atoms with E-state index in [9.17, 15) is 9.18 Å². The zero-order chi connectivity index (χ0) is 17.8. The zero-order valence-electron chi connectivity index (χ0n) is 14.2. The highest BCUT2D eigenvalue weighted by atomic mass is 19.1. The van der Waals surface area contributed by atoms with Gasteiger partial charge in [-0.05, 0) is 37.1 Å². The van der Waals surface area contributed by atoms with Crippen LogP contribution in [0.4, 0.5) is 15.9 Å². The molecule has 132 valence electrons. The van der Waals surface area contributed by atoms with E-state index < -0.39 is 5.91 Å². The number of anilines is 2. The minimum atomic E-state index is -0.549. The van der Waals surface area contributed by atoms with Gasteiger partial charge >= 0.3 is 0 Å². The molecule has 6 nitrogen and oxygen atoms in total. The largest absolute Gasteiger partial charge is 0.365 e. The Balaban J connectivity index is 1.91. The summed E-state index contributed by atoms with van der Waals surface area (Å²) in [5.41, 5.74) is 6.47. The molecule has 3 rings (SSSR count). The summed E-state index contributed by atoms with van der Waals surface area (Å²) >= 11 is 0. The van der Waals surface area contributed by atoms with Crippen LogP contribution in [0.25, 0.3) is 0 Å². The molecule has 3 N–H and O–H groups in total. The molecule has 0 bridgehead atoms. The van der Waals surface area contributed by atoms with Crippen LogP contribution in [-0.2, 0) is 0 Å². The average Bonchev–Trinajstić information content (AvgIpc) is 3.02. The molecule has 0 radical (unpaired) electrons. The lowest BCUT2D eigenvalue weighted by molar-refractivity contribution is 0.100. The van der Waals surface area contributed by atoms with Gasteiger partial charge in [0, 0.05) is 31.1 Å². The minimum Gasteiger partial charge on any atom is -0.365 e. The maximum Gasteiger partial charge on any atom is 0.254 e. The fourth-order valence-electron chi connectivity index (χ4n) is 3.34. The lowest BCUT2D eigenvalue weighted by Crippen LogP contribution is -2.25. The van der Waals surface area contributed by atoms with Gasteiger partial charge in [-0.2, -0.15) is 5.10 Å². The molecule has 1 aliphatic rings. The molecule has 1 aromatic heterocycles. The van der Waals surface area contributed by atoms with Crippen molar-refractivity contribution in [1.29, 1.82) is 0 Å². The molecule has 0 spiro atoms. The molecule has 25 heavy (non-hydrogen) atoms. The number of primary amides is 1. The van der Waals surface area contributed by atoms with E-state index in [4.69, 9.17) is 5.73 Å². The van der Waals surface area contributed by atoms with Gasteiger partial charge in [-0.25, -0.2) is 4.39 Å². The lowest BCUT2D eigenvalue weighted by atomic mass is 9.85. The van der Waals surface area contributed by atoms with E-state index in [0.29, 0.717) is 17.1 Å². The molecule has 1 amide bonds. The molecule has 2 aromatic rings. The predicted molar refractivity (Wildman–Crippen MR) is 95.8 cm³/mol. The molecule has 0 saturated heterocycles. The van der Waals surface area contributed by atoms with Gasteiger partial charge in [0.1, 0.15) is 11.4 Å². The first-order valence-corrected chi connectivity index (χ1v) is 8.42. The third-order valence-electron chi connectivity index (χ3n) is 4.57. The van der Waals surface area contributed by atoms with E-state index in [-0.39, 0.29) is 17.8 Å². The van der Waals surface area contributed by atoms with Crippen molar-refractivity contribution in [3.63, 3.8) is 0 Å². The third-order valence-corrected chi connectivity index (χ3v) is 4.57. The van der Waals surface area contributed by atoms with Crippen molar-refractivity contribution in [3.05, 3.63) is 41.8 Å². The van der Waals surface area contributed by atoms with Gasteiger partial charge in [-0.15, -0.1) is 0 Å². The number of nitrogens with one attached hydrogen (secondary N) is 1. The number of halogens is 1. The van der Waals surface area contributed by atoms with Gasteiger partial charge < -0.3 is 16.0 Å². The fourth-order valence-corrected chi connectivity index (χ4v) is 3.34. The van der Waals surface area contributed by atoms with Crippen molar-refractivity contribution >= 4 is 23.6 Å². The van der Waals surface area contributed by atoms with Gasteiger partial charge in [0.05, 0.1) is 6.04 Å². The maximum atomic E-state index is 13.1. The average molecular weight is 343 g/mol. The summed E-state index contributed by atoms with van der Waals surface area (Å²) in [5, 5.41) is 7.61. The van der Waals surface area contributed by atoms with Crippen molar-refractivity contribution in [2.24, 2.45) is 16.6 Å². The van der Waals surface area contributed by atoms with Crippen LogP contribution in [0.3, 0.4) is 0 Å². The monoisotopic (exact) mass is 343 g/mol. The van der Waals surface area contributed by atoms with Gasteiger partial charge in [0.2, 0.25) is 0 Å². The number of hydrogen-bond donors (Lipinski definition) is 2. The number of aliphatic imine (C=N–C) groups is 1. The molecule has 2 atom stereocenters. The number of amides is 1. The van der Waals surface area contributed by atoms with Crippen molar-refractivity contribution in [3.8, 4) is 0 Å². The van der Waals surface area contributed by atoms with E-state index in [1.54, 1.807) is 25.4 Å². The standard InChI is InChI=1S/C18H22FN5O/c1-21-10-12-4-2-3-5-16(12)24-11-15(17(20)25)18(23-24)22-14-8-6-13(19)7-9-14/h6-12,16H,2-5H2,1H3,(H2,20,25)(H,22,23)/t12-,16?/m1/s1. The van der Waals surface area contributed by atoms with Crippen LogP contribution in [0.5, 0.6) is 0 Å². The summed E-state index contributed by atoms with van der Waals surface area (Å²) in [6.07, 6.45) is 7.97. The Kier molecular flexibility index (Phi) is 5.11. The highest BCUT2D eigenvalue weighted by Gasteiger charge is 2.27. The van der Waals surface area contributed by atoms with Crippen molar-refractivity contribution in [2.45, 2.75) is 31.7 Å². The van der Waals surface area contributed by atoms with Crippen LogP contribution in [0, 0.1) is 11.7 Å². The number of aromatic nitrogens is 2. The van der Waals surface area contributed by atoms with E-state index in [2.05, 4.69) is 15.4 Å². The van der Waals surface area contributed by atoms with Crippen LogP contribution < -0.4 is 11.1 Å². The maximum absolute atomic E-state index is 13.1. The molecule has 1 fully saturated rings. The lowest BCUT2D eigenvalue weighted by Gasteiger charge is -2.29. The molecular formula is C18H22FN5O. The predicted octanol–water partition coefficient (Wildman–Crippen LogP) is 3.30. The highest BCUT2D eigenvalue weighted by molar-refractivity contribution is 5.98. The summed E-state index contributed by atoms with van der Waals surface area (Å²) in [6.45, 7) is 0. The highest BCUT2D eigenvalue weighted by Crippen LogP contribution is 2.34. The molecule has 1 aliphatic carbocycles. The third kappa shape index (κ3) is 3.87. The number of benzene rings is 1. The zero-order valence-corrected chi connectivity index (χ0v) is 14.2. The summed E-state index contributed by atoms with van der Waals surface area (Å²) in [6, 6.07) is 6.02. The number of hydrogen-bond acceptors (Lipinski definition) is 4. The van der Waals surface area contributed by atoms with Crippen LogP contribution in [0.2, 0.25) is 0 Å². The molecule has 1 saturated carbocycles. The Morgan fingerprint density at radius 1 is 1.36 bits per heavy atom. The number of rotatable bonds is 5. The minimum absolute atomic E-state index is 0.152. The van der Waals surface area contributed by atoms with Crippen LogP contribution >= 0.6 is 0 Å². The molecule has 1 heterocycles. The van der Waals surface area contributed by atoms with Gasteiger partial charge in [0.25, 0.3) is 5.91 Å². The summed E-state index contributed by atoms with van der Waals surface area (Å²) in [7, 11) is 1.77. The molecule has 7 heteroatoms. The van der Waals surface area contributed by atoms with Crippen molar-refractivity contribution in [2.75, 3.05) is 12.4 Å². The number of carbonyl (C=O) groups is 1.